The zero-order valence-corrected chi connectivity index (χ0v) is 9.10. The number of nitrogens with one attached hydrogen (secondary N) is 1. The van der Waals surface area contributed by atoms with Crippen LogP contribution in [0.15, 0.2) is 5.16 Å². The van der Waals surface area contributed by atoms with Gasteiger partial charge in [0.25, 0.3) is 0 Å². The molecule has 0 heterocycles. The number of nitrogens with two attached hydrogens (primary N) is 1. The average Bonchev–Trinajstić information content (AvgIpc) is 2.14. The molecule has 0 aliphatic rings. The number of hydrogen-bond acceptors (Lipinski definition) is 4. The van der Waals surface area contributed by atoms with Gasteiger partial charge in [-0.2, -0.15) is 11.8 Å². The molecule has 78 valence electrons. The number of thioether (sulfide) groups is 1. The molecule has 4 nitrogen and oxygen atoms in total. The van der Waals surface area contributed by atoms with E-state index in [0.29, 0.717) is 12.6 Å². The minimum Gasteiger partial charge on any atom is -0.409 e. The van der Waals surface area contributed by atoms with Gasteiger partial charge in [0.1, 0.15) is 0 Å². The maximum Gasteiger partial charge on any atom is 0.153 e. The van der Waals surface area contributed by atoms with Gasteiger partial charge < -0.3 is 16.3 Å². The Labute approximate surface area is 84.0 Å². The molecule has 1 unspecified atom stereocenters. The number of nitrogens with zero attached hydrogens (tertiary/aromatic N) is 1. The summed E-state index contributed by atoms with van der Waals surface area (Å²) in [6.45, 7) is 4.70. The van der Waals surface area contributed by atoms with E-state index in [1.807, 2.05) is 11.8 Å². The van der Waals surface area contributed by atoms with Gasteiger partial charge in [0.2, 0.25) is 0 Å². The predicted octanol–water partition coefficient (Wildman–Crippen LogP) is 0.854. The second kappa shape index (κ2) is 8.19. The lowest BCUT2D eigenvalue weighted by Gasteiger charge is -2.12. The largest absolute Gasteiger partial charge is 0.409 e. The summed E-state index contributed by atoms with van der Waals surface area (Å²) in [4.78, 5) is 0. The zero-order chi connectivity index (χ0) is 10.1. The zero-order valence-electron chi connectivity index (χ0n) is 8.29. The van der Waals surface area contributed by atoms with E-state index in [0.717, 1.165) is 17.9 Å². The summed E-state index contributed by atoms with van der Waals surface area (Å²) in [5.74, 6) is 2.54. The molecule has 0 saturated carbocycles. The highest BCUT2D eigenvalue weighted by Gasteiger charge is 2.01. The van der Waals surface area contributed by atoms with Crippen LogP contribution in [0.4, 0.5) is 0 Å². The minimum absolute atomic E-state index is 0.231. The first-order valence-electron chi connectivity index (χ1n) is 4.48. The molecule has 0 radical (unpaired) electrons. The van der Waals surface area contributed by atoms with E-state index in [-0.39, 0.29) is 5.84 Å². The Morgan fingerprint density at radius 2 is 2.38 bits per heavy atom. The van der Waals surface area contributed by atoms with Crippen molar-refractivity contribution in [2.75, 3.05) is 18.1 Å². The molecular formula is C8H19N3OS. The number of rotatable bonds is 7. The van der Waals surface area contributed by atoms with Gasteiger partial charge in [-0.1, -0.05) is 12.1 Å². The molecule has 0 fully saturated rings. The van der Waals surface area contributed by atoms with Crippen LogP contribution in [0.2, 0.25) is 0 Å². The van der Waals surface area contributed by atoms with Crippen molar-refractivity contribution in [3.8, 4) is 0 Å². The highest BCUT2D eigenvalue weighted by molar-refractivity contribution is 7.99. The van der Waals surface area contributed by atoms with Gasteiger partial charge in [-0.05, 0) is 24.9 Å². The molecule has 0 aromatic rings. The lowest BCUT2D eigenvalue weighted by molar-refractivity contribution is 0.316. The molecule has 4 N–H and O–H groups in total. The lowest BCUT2D eigenvalue weighted by Crippen LogP contribution is -2.35. The molecule has 0 amide bonds. The molecule has 0 bridgehead atoms. The van der Waals surface area contributed by atoms with E-state index in [4.69, 9.17) is 10.9 Å². The van der Waals surface area contributed by atoms with Crippen LogP contribution < -0.4 is 11.1 Å². The molecule has 5 heteroatoms. The van der Waals surface area contributed by atoms with Crippen molar-refractivity contribution in [3.05, 3.63) is 0 Å². The van der Waals surface area contributed by atoms with Crippen molar-refractivity contribution < 1.29 is 5.21 Å². The first-order valence-corrected chi connectivity index (χ1v) is 5.63. The fourth-order valence-corrected chi connectivity index (χ4v) is 1.63. The van der Waals surface area contributed by atoms with Gasteiger partial charge in [-0.15, -0.1) is 0 Å². The quantitative estimate of drug-likeness (QED) is 0.189. The van der Waals surface area contributed by atoms with Gasteiger partial charge in [0, 0.05) is 6.04 Å². The Balaban J connectivity index is 3.34. The number of hydrogen-bond donors (Lipinski definition) is 3. The van der Waals surface area contributed by atoms with Crippen molar-refractivity contribution in [2.24, 2.45) is 10.9 Å². The highest BCUT2D eigenvalue weighted by Crippen LogP contribution is 2.03. The van der Waals surface area contributed by atoms with Crippen LogP contribution >= 0.6 is 11.8 Å². The van der Waals surface area contributed by atoms with E-state index < -0.39 is 0 Å². The summed E-state index contributed by atoms with van der Waals surface area (Å²) in [5.41, 5.74) is 5.31. The normalized spacial score (nSPS) is 14.5. The summed E-state index contributed by atoms with van der Waals surface area (Å²) in [6.07, 6.45) is 1.11. The van der Waals surface area contributed by atoms with Crippen LogP contribution in [-0.4, -0.2) is 35.1 Å². The molecule has 0 rings (SSSR count). The molecule has 1 atom stereocenters. The fourth-order valence-electron chi connectivity index (χ4n) is 0.821. The maximum absolute atomic E-state index is 8.28. The van der Waals surface area contributed by atoms with Crippen LogP contribution in [-0.2, 0) is 0 Å². The van der Waals surface area contributed by atoms with Crippen LogP contribution in [0.3, 0.4) is 0 Å². The molecule has 13 heavy (non-hydrogen) atoms. The second-order valence-corrected chi connectivity index (χ2v) is 4.25. The number of oxime groups is 1. The van der Waals surface area contributed by atoms with E-state index in [1.54, 1.807) is 0 Å². The third-order valence-electron chi connectivity index (χ3n) is 1.66. The highest BCUT2D eigenvalue weighted by atomic mass is 32.2. The number of amidine groups is 1. The van der Waals surface area contributed by atoms with Crippen LogP contribution in [0, 0.1) is 0 Å². The van der Waals surface area contributed by atoms with E-state index in [9.17, 15) is 0 Å². The predicted molar refractivity (Wildman–Crippen MR) is 58.5 cm³/mol. The Kier molecular flexibility index (Phi) is 7.93. The molecule has 0 aromatic heterocycles. The van der Waals surface area contributed by atoms with E-state index >= 15 is 0 Å². The summed E-state index contributed by atoms with van der Waals surface area (Å²) in [6, 6.07) is 0.416. The topological polar surface area (TPSA) is 70.6 Å². The van der Waals surface area contributed by atoms with Gasteiger partial charge >= 0.3 is 0 Å². The Morgan fingerprint density at radius 3 is 2.92 bits per heavy atom. The van der Waals surface area contributed by atoms with E-state index in [1.165, 1.54) is 0 Å². The van der Waals surface area contributed by atoms with Crippen molar-refractivity contribution in [2.45, 2.75) is 26.3 Å². The SMILES string of the molecule is CCSCCC(C)NCC(N)=NO. The molecule has 0 aromatic carbocycles. The second-order valence-electron chi connectivity index (χ2n) is 2.86. The molecule has 0 spiro atoms. The monoisotopic (exact) mass is 205 g/mol. The fraction of sp³-hybridized carbons (Fsp3) is 0.875. The first kappa shape index (κ1) is 12.6. The summed E-state index contributed by atoms with van der Waals surface area (Å²) >= 11 is 1.93. The lowest BCUT2D eigenvalue weighted by atomic mass is 10.2. The van der Waals surface area contributed by atoms with Crippen molar-refractivity contribution >= 4 is 17.6 Å². The standard InChI is InChI=1S/C8H19N3OS/c1-3-13-5-4-7(2)10-6-8(9)11-12/h7,10,12H,3-6H2,1-2H3,(H2,9,11). The summed E-state index contributed by atoms with van der Waals surface area (Å²) in [5, 5.41) is 14.3. The van der Waals surface area contributed by atoms with Crippen molar-refractivity contribution in [1.82, 2.24) is 5.32 Å². The minimum atomic E-state index is 0.231. The van der Waals surface area contributed by atoms with Gasteiger partial charge in [0.05, 0.1) is 6.54 Å². The smallest absolute Gasteiger partial charge is 0.153 e. The van der Waals surface area contributed by atoms with Gasteiger partial charge in [0.15, 0.2) is 5.84 Å². The molecule has 0 aliphatic carbocycles. The molecule has 0 aliphatic heterocycles. The van der Waals surface area contributed by atoms with Crippen molar-refractivity contribution in [3.63, 3.8) is 0 Å². The Bertz CT molecular complexity index is 152. The van der Waals surface area contributed by atoms with Crippen LogP contribution in [0.5, 0.6) is 0 Å². The van der Waals surface area contributed by atoms with Gasteiger partial charge in [-0.25, -0.2) is 0 Å². The van der Waals surface area contributed by atoms with E-state index in [2.05, 4.69) is 24.3 Å². The Morgan fingerprint density at radius 1 is 1.69 bits per heavy atom. The molecule has 0 saturated heterocycles. The summed E-state index contributed by atoms with van der Waals surface area (Å²) in [7, 11) is 0. The summed E-state index contributed by atoms with van der Waals surface area (Å²) < 4.78 is 0. The Hall–Kier alpha value is -0.420. The van der Waals surface area contributed by atoms with Gasteiger partial charge in [-0.3, -0.25) is 0 Å². The first-order chi connectivity index (χ1) is 6.20. The maximum atomic E-state index is 8.28. The van der Waals surface area contributed by atoms with Crippen molar-refractivity contribution in [1.29, 1.82) is 0 Å². The third kappa shape index (κ3) is 7.93. The third-order valence-corrected chi connectivity index (χ3v) is 2.59. The average molecular weight is 205 g/mol. The van der Waals surface area contributed by atoms with Crippen LogP contribution in [0.25, 0.3) is 0 Å². The van der Waals surface area contributed by atoms with Crippen LogP contribution in [0.1, 0.15) is 20.3 Å². The molecular weight excluding hydrogens is 186 g/mol.